The van der Waals surface area contributed by atoms with Crippen LogP contribution in [0.15, 0.2) is 16.8 Å². The third kappa shape index (κ3) is 4.18. The Morgan fingerprint density at radius 1 is 1.12 bits per heavy atom. The minimum Gasteiger partial charge on any atom is -0.480 e. The van der Waals surface area contributed by atoms with E-state index in [0.29, 0.717) is 17.8 Å². The van der Waals surface area contributed by atoms with E-state index in [0.717, 1.165) is 44.2 Å². The Hall–Kier alpha value is -1.89. The Labute approximate surface area is 203 Å². The van der Waals surface area contributed by atoms with E-state index in [1.165, 1.54) is 18.4 Å². The number of fused-ring (bicyclic) bond motifs is 5. The standard InChI is InChI=1S/C27H42N2O5/c1-16(2)23(24(31)32)28-22(30)15-34-29-18-8-11-25(3)17(14-18)6-7-19-20(25)9-12-26(4)21(19)10-13-27(26,5)33/h14,16,19-21,23,33H,6-13,15H2,1-5H3,(H,28,30)(H,31,32)/b29-18+/t19-,20+,21+,23?,25+,26+,27+/m1/s1. The van der Waals surface area contributed by atoms with Gasteiger partial charge in [0, 0.05) is 0 Å². The van der Waals surface area contributed by atoms with Crippen molar-refractivity contribution in [2.75, 3.05) is 6.61 Å². The van der Waals surface area contributed by atoms with Crippen LogP contribution in [0.1, 0.15) is 86.0 Å². The van der Waals surface area contributed by atoms with Crippen LogP contribution in [-0.4, -0.2) is 46.1 Å². The van der Waals surface area contributed by atoms with Crippen molar-refractivity contribution in [2.45, 2.75) is 97.6 Å². The molecule has 0 saturated heterocycles. The van der Waals surface area contributed by atoms with E-state index in [4.69, 9.17) is 4.84 Å². The smallest absolute Gasteiger partial charge is 0.326 e. The number of allylic oxidation sites excluding steroid dienone is 2. The summed E-state index contributed by atoms with van der Waals surface area (Å²) in [4.78, 5) is 28.7. The molecule has 0 radical (unpaired) electrons. The molecule has 1 amide bonds. The van der Waals surface area contributed by atoms with Crippen LogP contribution in [0.25, 0.3) is 0 Å². The van der Waals surface area contributed by atoms with Gasteiger partial charge in [-0.3, -0.25) is 4.79 Å². The second-order valence-corrected chi connectivity index (χ2v) is 12.3. The molecule has 0 aromatic heterocycles. The Bertz CT molecular complexity index is 893. The third-order valence-corrected chi connectivity index (χ3v) is 10.2. The molecule has 4 rings (SSSR count). The van der Waals surface area contributed by atoms with Gasteiger partial charge in [0.15, 0.2) is 6.61 Å². The molecular formula is C27H42N2O5. The molecule has 7 heteroatoms. The average Bonchev–Trinajstić information content (AvgIpc) is 3.00. The van der Waals surface area contributed by atoms with Gasteiger partial charge in [-0.05, 0) is 98.9 Å². The van der Waals surface area contributed by atoms with Gasteiger partial charge in [0.1, 0.15) is 6.04 Å². The Kier molecular flexibility index (Phi) is 6.64. The highest BCUT2D eigenvalue weighted by Crippen LogP contribution is 2.67. The van der Waals surface area contributed by atoms with Crippen molar-refractivity contribution in [3.63, 3.8) is 0 Å². The Morgan fingerprint density at radius 2 is 1.82 bits per heavy atom. The van der Waals surface area contributed by atoms with Crippen LogP contribution < -0.4 is 5.32 Å². The maximum atomic E-state index is 12.1. The number of aliphatic hydroxyl groups is 1. The van der Waals surface area contributed by atoms with Crippen LogP contribution in [-0.2, 0) is 14.4 Å². The molecule has 7 nitrogen and oxygen atoms in total. The molecule has 0 aromatic carbocycles. The number of hydrogen-bond acceptors (Lipinski definition) is 5. The molecule has 190 valence electrons. The molecule has 0 bridgehead atoms. The highest BCUT2D eigenvalue weighted by Gasteiger charge is 2.62. The van der Waals surface area contributed by atoms with Gasteiger partial charge in [0.2, 0.25) is 0 Å². The third-order valence-electron chi connectivity index (χ3n) is 10.2. The topological polar surface area (TPSA) is 108 Å². The minimum absolute atomic E-state index is 0.0384. The number of carboxylic acid groups (broad SMARTS) is 1. The average molecular weight is 475 g/mol. The van der Waals surface area contributed by atoms with Gasteiger partial charge in [-0.2, -0.15) is 0 Å². The summed E-state index contributed by atoms with van der Waals surface area (Å²) in [6.07, 6.45) is 10.6. The van der Waals surface area contributed by atoms with Crippen LogP contribution in [0, 0.1) is 34.5 Å². The normalized spacial score (nSPS) is 41.2. The molecule has 3 fully saturated rings. The maximum Gasteiger partial charge on any atom is 0.326 e. The SMILES string of the molecule is CC(C)C(NC(=O)CO/N=C1/C=C2CC[C@@H]3[C@H](CC[C@@]4(C)[C@H]3CC[C@]4(C)O)[C@@]2(C)CC1)C(=O)O. The molecule has 1 unspecified atom stereocenters. The van der Waals surface area contributed by atoms with E-state index in [1.807, 2.05) is 0 Å². The van der Waals surface area contributed by atoms with Gasteiger partial charge >= 0.3 is 5.97 Å². The van der Waals surface area contributed by atoms with Crippen molar-refractivity contribution < 1.29 is 24.6 Å². The number of nitrogens with one attached hydrogen (secondary N) is 1. The van der Waals surface area contributed by atoms with Crippen LogP contribution in [0.4, 0.5) is 0 Å². The van der Waals surface area contributed by atoms with Gasteiger partial charge in [-0.15, -0.1) is 0 Å². The van der Waals surface area contributed by atoms with E-state index in [-0.39, 0.29) is 23.4 Å². The zero-order chi connectivity index (χ0) is 24.9. The van der Waals surface area contributed by atoms with Crippen LogP contribution in [0.5, 0.6) is 0 Å². The van der Waals surface area contributed by atoms with Crippen molar-refractivity contribution in [2.24, 2.45) is 39.7 Å². The van der Waals surface area contributed by atoms with E-state index in [9.17, 15) is 19.8 Å². The lowest BCUT2D eigenvalue weighted by atomic mass is 9.46. The summed E-state index contributed by atoms with van der Waals surface area (Å²) in [5.74, 6) is 0.199. The number of carbonyl (C=O) groups excluding carboxylic acids is 1. The van der Waals surface area contributed by atoms with Gasteiger partial charge in [-0.1, -0.05) is 38.4 Å². The molecule has 3 N–H and O–H groups in total. The van der Waals surface area contributed by atoms with Gasteiger partial charge in [0.25, 0.3) is 5.91 Å². The Morgan fingerprint density at radius 3 is 2.50 bits per heavy atom. The molecule has 3 saturated carbocycles. The van der Waals surface area contributed by atoms with Gasteiger partial charge in [0.05, 0.1) is 11.3 Å². The minimum atomic E-state index is -1.05. The molecule has 0 aliphatic heterocycles. The van der Waals surface area contributed by atoms with Crippen molar-refractivity contribution in [1.29, 1.82) is 0 Å². The van der Waals surface area contributed by atoms with Crippen molar-refractivity contribution in [1.82, 2.24) is 5.32 Å². The lowest BCUT2D eigenvalue weighted by Crippen LogP contribution is -2.53. The van der Waals surface area contributed by atoms with Crippen LogP contribution in [0.3, 0.4) is 0 Å². The number of aliphatic carboxylic acids is 1. The molecular weight excluding hydrogens is 432 g/mol. The summed E-state index contributed by atoms with van der Waals surface area (Å²) < 4.78 is 0. The highest BCUT2D eigenvalue weighted by atomic mass is 16.6. The zero-order valence-corrected chi connectivity index (χ0v) is 21.4. The number of carbonyl (C=O) groups is 2. The monoisotopic (exact) mass is 474 g/mol. The quantitative estimate of drug-likeness (QED) is 0.498. The summed E-state index contributed by atoms with van der Waals surface area (Å²) in [6.45, 7) is 10.0. The predicted octanol–water partition coefficient (Wildman–Crippen LogP) is 4.30. The summed E-state index contributed by atoms with van der Waals surface area (Å²) in [5, 5.41) is 27.0. The second-order valence-electron chi connectivity index (χ2n) is 12.3. The highest BCUT2D eigenvalue weighted by molar-refractivity contribution is 5.96. The van der Waals surface area contributed by atoms with Crippen molar-refractivity contribution in [3.8, 4) is 0 Å². The zero-order valence-electron chi connectivity index (χ0n) is 21.4. The predicted molar refractivity (Wildman–Crippen MR) is 130 cm³/mol. The number of carboxylic acids is 1. The molecule has 0 spiro atoms. The van der Waals surface area contributed by atoms with Crippen LogP contribution >= 0.6 is 0 Å². The fraction of sp³-hybridized carbons (Fsp3) is 0.815. The molecule has 7 atom stereocenters. The molecule has 0 aromatic rings. The first kappa shape index (κ1) is 25.2. The van der Waals surface area contributed by atoms with E-state index >= 15 is 0 Å². The second kappa shape index (κ2) is 8.96. The van der Waals surface area contributed by atoms with E-state index in [2.05, 4.69) is 37.3 Å². The largest absolute Gasteiger partial charge is 0.480 e. The first-order valence-electron chi connectivity index (χ1n) is 13.0. The summed E-state index contributed by atoms with van der Waals surface area (Å²) >= 11 is 0. The van der Waals surface area contributed by atoms with E-state index in [1.54, 1.807) is 13.8 Å². The first-order chi connectivity index (χ1) is 15.9. The number of oxime groups is 1. The summed E-state index contributed by atoms with van der Waals surface area (Å²) in [7, 11) is 0. The fourth-order valence-electron chi connectivity index (χ4n) is 7.79. The number of nitrogens with zero attached hydrogens (tertiary/aromatic N) is 1. The van der Waals surface area contributed by atoms with E-state index < -0.39 is 23.5 Å². The van der Waals surface area contributed by atoms with Crippen molar-refractivity contribution >= 4 is 17.6 Å². The number of rotatable bonds is 6. The van der Waals surface area contributed by atoms with Gasteiger partial charge in [-0.25, -0.2) is 4.79 Å². The number of amides is 1. The molecule has 4 aliphatic rings. The number of hydrogen-bond donors (Lipinski definition) is 3. The summed E-state index contributed by atoms with van der Waals surface area (Å²) in [6, 6.07) is -0.933. The van der Waals surface area contributed by atoms with Crippen molar-refractivity contribution in [3.05, 3.63) is 11.6 Å². The lowest BCUT2D eigenvalue weighted by molar-refractivity contribution is -0.143. The fourth-order valence-corrected chi connectivity index (χ4v) is 7.79. The summed E-state index contributed by atoms with van der Waals surface area (Å²) in [5.41, 5.74) is 1.97. The van der Waals surface area contributed by atoms with Crippen LogP contribution in [0.2, 0.25) is 0 Å². The lowest BCUT2D eigenvalue weighted by Gasteiger charge is -2.59. The maximum absolute atomic E-state index is 12.1. The first-order valence-corrected chi connectivity index (χ1v) is 13.0. The molecule has 34 heavy (non-hydrogen) atoms. The molecule has 4 aliphatic carbocycles. The molecule has 0 heterocycles. The Balaban J connectivity index is 1.40. The van der Waals surface area contributed by atoms with Gasteiger partial charge < -0.3 is 20.4 Å².